The van der Waals surface area contributed by atoms with Gasteiger partial charge in [0.2, 0.25) is 0 Å². The molecule has 2 aromatic rings. The molecule has 0 aromatic carbocycles. The third-order valence-corrected chi connectivity index (χ3v) is 5.77. The Bertz CT molecular complexity index is 895. The summed E-state index contributed by atoms with van der Waals surface area (Å²) in [5, 5.41) is 9.03. The number of aryl methyl sites for hydroxylation is 2. The maximum atomic E-state index is 13.5. The first-order chi connectivity index (χ1) is 12.7. The zero-order valence-corrected chi connectivity index (χ0v) is 17.1. The second-order valence-electron chi connectivity index (χ2n) is 8.87. The monoisotopic (exact) mass is 371 g/mol. The minimum absolute atomic E-state index is 0.0120. The zero-order chi connectivity index (χ0) is 19.5. The number of carbonyl (C=O) groups is 1. The van der Waals surface area contributed by atoms with Crippen LogP contribution in [0.5, 0.6) is 0 Å². The molecule has 4 heterocycles. The molecule has 0 unspecified atom stereocenters. The Morgan fingerprint density at radius 3 is 2.74 bits per heavy atom. The van der Waals surface area contributed by atoms with Gasteiger partial charge in [0.05, 0.1) is 24.1 Å². The quantitative estimate of drug-likeness (QED) is 0.772. The molecule has 0 saturated carbocycles. The SMILES string of the molecule is C[C@@H]1Cc2c(C(=O)N3Cc4cnn(C)c4CC(C)(C)C3)nn(C)c2[C@H](C)O1. The van der Waals surface area contributed by atoms with Gasteiger partial charge in [-0.2, -0.15) is 10.2 Å². The van der Waals surface area contributed by atoms with Gasteiger partial charge in [0.15, 0.2) is 5.69 Å². The molecule has 7 heteroatoms. The van der Waals surface area contributed by atoms with E-state index in [4.69, 9.17) is 4.74 Å². The first-order valence-corrected chi connectivity index (χ1v) is 9.66. The molecule has 7 nitrogen and oxygen atoms in total. The first-order valence-electron chi connectivity index (χ1n) is 9.66. The Balaban J connectivity index is 1.72. The number of rotatable bonds is 1. The van der Waals surface area contributed by atoms with Gasteiger partial charge in [-0.25, -0.2) is 0 Å². The zero-order valence-electron chi connectivity index (χ0n) is 17.1. The molecule has 0 saturated heterocycles. The van der Waals surface area contributed by atoms with E-state index in [1.807, 2.05) is 41.5 Å². The lowest BCUT2D eigenvalue weighted by atomic mass is 9.87. The number of hydrogen-bond donors (Lipinski definition) is 0. The Kier molecular flexibility index (Phi) is 4.18. The standard InChI is InChI=1S/C20H29N5O2/c1-12-7-15-17(22-24(6)18(15)13(2)27-12)19(26)25-10-14-9-21-23(5)16(14)8-20(3,4)11-25/h9,12-13H,7-8,10-11H2,1-6H3/t12-,13+/m1/s1. The number of nitrogens with zero attached hydrogens (tertiary/aromatic N) is 5. The third-order valence-electron chi connectivity index (χ3n) is 5.77. The fourth-order valence-corrected chi connectivity index (χ4v) is 4.66. The first kappa shape index (κ1) is 18.2. The fourth-order valence-electron chi connectivity index (χ4n) is 4.66. The molecule has 0 aliphatic carbocycles. The molecule has 2 aliphatic heterocycles. The number of amides is 1. The van der Waals surface area contributed by atoms with Crippen LogP contribution in [0.1, 0.15) is 66.8 Å². The van der Waals surface area contributed by atoms with Crippen molar-refractivity contribution in [2.45, 2.75) is 59.3 Å². The predicted octanol–water partition coefficient (Wildman–Crippen LogP) is 2.40. The predicted molar refractivity (Wildman–Crippen MR) is 101 cm³/mol. The average Bonchev–Trinajstić information content (AvgIpc) is 3.02. The van der Waals surface area contributed by atoms with E-state index in [0.717, 1.165) is 29.7 Å². The van der Waals surface area contributed by atoms with Gasteiger partial charge in [-0.15, -0.1) is 0 Å². The molecule has 1 amide bonds. The van der Waals surface area contributed by atoms with Crippen molar-refractivity contribution in [1.29, 1.82) is 0 Å². The summed E-state index contributed by atoms with van der Waals surface area (Å²) in [6.45, 7) is 9.79. The molecule has 4 rings (SSSR count). The lowest BCUT2D eigenvalue weighted by Gasteiger charge is -2.30. The number of hydrogen-bond acceptors (Lipinski definition) is 4. The summed E-state index contributed by atoms with van der Waals surface area (Å²) in [5.41, 5.74) is 4.97. The molecule has 2 aliphatic rings. The van der Waals surface area contributed by atoms with Crippen LogP contribution in [0.4, 0.5) is 0 Å². The summed E-state index contributed by atoms with van der Waals surface area (Å²) in [7, 11) is 3.88. The van der Waals surface area contributed by atoms with E-state index in [9.17, 15) is 4.79 Å². The van der Waals surface area contributed by atoms with Gasteiger partial charge in [-0.05, 0) is 25.7 Å². The van der Waals surface area contributed by atoms with Crippen molar-refractivity contribution in [3.05, 3.63) is 34.4 Å². The van der Waals surface area contributed by atoms with Crippen molar-refractivity contribution in [1.82, 2.24) is 24.5 Å². The highest BCUT2D eigenvalue weighted by atomic mass is 16.5. The summed E-state index contributed by atoms with van der Waals surface area (Å²) in [5.74, 6) is 0.0120. The highest BCUT2D eigenvalue weighted by Crippen LogP contribution is 2.34. The molecule has 0 bridgehead atoms. The molecule has 0 radical (unpaired) electrons. The minimum atomic E-state index is -0.0479. The maximum absolute atomic E-state index is 13.5. The Morgan fingerprint density at radius 2 is 2.00 bits per heavy atom. The minimum Gasteiger partial charge on any atom is -0.369 e. The van der Waals surface area contributed by atoms with Gasteiger partial charge in [0, 0.05) is 50.4 Å². The van der Waals surface area contributed by atoms with Gasteiger partial charge in [-0.1, -0.05) is 13.8 Å². The van der Waals surface area contributed by atoms with Gasteiger partial charge in [0.1, 0.15) is 0 Å². The number of fused-ring (bicyclic) bond motifs is 2. The van der Waals surface area contributed by atoms with Gasteiger partial charge in [-0.3, -0.25) is 14.2 Å². The third kappa shape index (κ3) is 3.08. The van der Waals surface area contributed by atoms with Gasteiger partial charge in [0.25, 0.3) is 5.91 Å². The van der Waals surface area contributed by atoms with E-state index in [0.29, 0.717) is 18.8 Å². The van der Waals surface area contributed by atoms with Crippen LogP contribution in [-0.4, -0.2) is 43.0 Å². The van der Waals surface area contributed by atoms with Crippen LogP contribution in [0.25, 0.3) is 0 Å². The van der Waals surface area contributed by atoms with Gasteiger partial charge >= 0.3 is 0 Å². The molecule has 2 aromatic heterocycles. The summed E-state index contributed by atoms with van der Waals surface area (Å²) >= 11 is 0. The lowest BCUT2D eigenvalue weighted by Crippen LogP contribution is -2.38. The Hall–Kier alpha value is -2.15. The highest BCUT2D eigenvalue weighted by molar-refractivity contribution is 5.94. The van der Waals surface area contributed by atoms with E-state index in [1.54, 1.807) is 0 Å². The van der Waals surface area contributed by atoms with Crippen LogP contribution in [0, 0.1) is 5.41 Å². The second-order valence-corrected chi connectivity index (χ2v) is 8.87. The van der Waals surface area contributed by atoms with E-state index < -0.39 is 0 Å². The molecule has 146 valence electrons. The maximum Gasteiger partial charge on any atom is 0.274 e. The number of ether oxygens (including phenoxy) is 1. The van der Waals surface area contributed by atoms with E-state index in [-0.39, 0.29) is 23.5 Å². The molecular formula is C20H29N5O2. The Morgan fingerprint density at radius 1 is 1.26 bits per heavy atom. The van der Waals surface area contributed by atoms with E-state index in [2.05, 4.69) is 31.0 Å². The summed E-state index contributed by atoms with van der Waals surface area (Å²) < 4.78 is 9.69. The number of aromatic nitrogens is 4. The van der Waals surface area contributed by atoms with Crippen LogP contribution in [0.15, 0.2) is 6.20 Å². The Labute approximate surface area is 160 Å². The molecule has 2 atom stereocenters. The van der Waals surface area contributed by atoms with Crippen molar-refractivity contribution in [2.75, 3.05) is 6.54 Å². The van der Waals surface area contributed by atoms with Crippen LogP contribution >= 0.6 is 0 Å². The van der Waals surface area contributed by atoms with Crippen molar-refractivity contribution >= 4 is 5.91 Å². The molecular weight excluding hydrogens is 342 g/mol. The highest BCUT2D eigenvalue weighted by Gasteiger charge is 2.36. The lowest BCUT2D eigenvalue weighted by molar-refractivity contribution is -0.00908. The van der Waals surface area contributed by atoms with Crippen molar-refractivity contribution in [2.24, 2.45) is 19.5 Å². The summed E-state index contributed by atoms with van der Waals surface area (Å²) in [6, 6.07) is 0. The smallest absolute Gasteiger partial charge is 0.274 e. The normalized spacial score (nSPS) is 24.3. The summed E-state index contributed by atoms with van der Waals surface area (Å²) in [6.07, 6.45) is 3.57. The molecule has 0 fully saturated rings. The second kappa shape index (κ2) is 6.19. The van der Waals surface area contributed by atoms with Crippen molar-refractivity contribution in [3.63, 3.8) is 0 Å². The van der Waals surface area contributed by atoms with Crippen LogP contribution in [-0.2, 0) is 38.2 Å². The average molecular weight is 371 g/mol. The van der Waals surface area contributed by atoms with Crippen LogP contribution < -0.4 is 0 Å². The fraction of sp³-hybridized carbons (Fsp3) is 0.650. The molecule has 0 N–H and O–H groups in total. The van der Waals surface area contributed by atoms with Crippen molar-refractivity contribution in [3.8, 4) is 0 Å². The van der Waals surface area contributed by atoms with Crippen LogP contribution in [0.3, 0.4) is 0 Å². The molecule has 27 heavy (non-hydrogen) atoms. The summed E-state index contributed by atoms with van der Waals surface area (Å²) in [4.78, 5) is 15.5. The van der Waals surface area contributed by atoms with Gasteiger partial charge < -0.3 is 9.64 Å². The molecule has 0 spiro atoms. The number of carbonyl (C=O) groups excluding carboxylic acids is 1. The van der Waals surface area contributed by atoms with Crippen LogP contribution in [0.2, 0.25) is 0 Å². The van der Waals surface area contributed by atoms with E-state index >= 15 is 0 Å². The van der Waals surface area contributed by atoms with Crippen molar-refractivity contribution < 1.29 is 9.53 Å². The largest absolute Gasteiger partial charge is 0.369 e. The van der Waals surface area contributed by atoms with E-state index in [1.165, 1.54) is 5.69 Å². The topological polar surface area (TPSA) is 65.2 Å².